The number of ketones is 1. The highest BCUT2D eigenvalue weighted by atomic mass is 16.3. The third kappa shape index (κ3) is 4.87. The third-order valence-corrected chi connectivity index (χ3v) is 14.4. The van der Waals surface area contributed by atoms with Gasteiger partial charge in [-0.3, -0.25) is 4.79 Å². The molecule has 6 aliphatic rings. The van der Waals surface area contributed by atoms with E-state index in [1.54, 1.807) is 11.6 Å². The van der Waals surface area contributed by atoms with E-state index in [2.05, 4.69) is 27.7 Å². The molecule has 43 heavy (non-hydrogen) atoms. The lowest BCUT2D eigenvalue weighted by Crippen LogP contribution is -2.62. The van der Waals surface area contributed by atoms with Crippen molar-refractivity contribution in [3.05, 3.63) is 22.8 Å². The Morgan fingerprint density at radius 3 is 2.35 bits per heavy atom. The average Bonchev–Trinajstić information content (AvgIpc) is 3.54. The number of carbonyl (C=O) groups is 1. The van der Waals surface area contributed by atoms with Crippen LogP contribution in [0, 0.1) is 45.8 Å². The largest absolute Gasteiger partial charge is 0.396 e. The Hall–Kier alpha value is -1.05. The van der Waals surface area contributed by atoms with Gasteiger partial charge < -0.3 is 25.5 Å². The monoisotopic (exact) mass is 598 g/mol. The number of allylic oxidation sites excluding steroid dienone is 2. The van der Waals surface area contributed by atoms with E-state index in [0.717, 1.165) is 18.4 Å². The molecule has 6 nitrogen and oxygen atoms in total. The van der Waals surface area contributed by atoms with E-state index >= 15 is 0 Å². The van der Waals surface area contributed by atoms with E-state index in [1.807, 2.05) is 0 Å². The minimum absolute atomic E-state index is 0.0651. The Balaban J connectivity index is 1.26. The van der Waals surface area contributed by atoms with Crippen molar-refractivity contribution in [2.24, 2.45) is 45.8 Å². The predicted octanol–water partition coefficient (Wildman–Crippen LogP) is 5.64. The van der Waals surface area contributed by atoms with Gasteiger partial charge in [0.05, 0.1) is 30.5 Å². The molecule has 5 N–H and O–H groups in total. The van der Waals surface area contributed by atoms with Crippen LogP contribution in [-0.2, 0) is 4.79 Å². The van der Waals surface area contributed by atoms with Gasteiger partial charge in [-0.2, -0.15) is 0 Å². The van der Waals surface area contributed by atoms with Crippen LogP contribution >= 0.6 is 0 Å². The van der Waals surface area contributed by atoms with Crippen LogP contribution in [0.25, 0.3) is 0 Å². The summed E-state index contributed by atoms with van der Waals surface area (Å²) in [6, 6.07) is 0. The summed E-state index contributed by atoms with van der Waals surface area (Å²) in [6.45, 7) is 8.53. The zero-order chi connectivity index (χ0) is 30.9. The topological polar surface area (TPSA) is 118 Å². The summed E-state index contributed by atoms with van der Waals surface area (Å²) >= 11 is 0. The molecule has 0 radical (unpaired) electrons. The van der Waals surface area contributed by atoms with Gasteiger partial charge in [-0.05, 0) is 130 Å². The normalized spacial score (nSPS) is 44.9. The number of aliphatic hydroxyl groups excluding tert-OH is 4. The van der Waals surface area contributed by atoms with E-state index in [1.165, 1.54) is 50.5 Å². The summed E-state index contributed by atoms with van der Waals surface area (Å²) in [5, 5.41) is 56.6. The van der Waals surface area contributed by atoms with Gasteiger partial charge >= 0.3 is 0 Å². The van der Waals surface area contributed by atoms with Crippen LogP contribution in [-0.4, -0.2) is 61.8 Å². The van der Waals surface area contributed by atoms with Crippen LogP contribution < -0.4 is 0 Å². The molecule has 0 saturated heterocycles. The van der Waals surface area contributed by atoms with Gasteiger partial charge in [0.2, 0.25) is 0 Å². The number of rotatable bonds is 6. The van der Waals surface area contributed by atoms with Crippen molar-refractivity contribution in [2.75, 3.05) is 6.61 Å². The third-order valence-electron chi connectivity index (χ3n) is 14.4. The average molecular weight is 599 g/mol. The fraction of sp³-hybridized carbons (Fsp3) is 0.865. The Bertz CT molecular complexity index is 1150. The molecule has 6 heteroatoms. The summed E-state index contributed by atoms with van der Waals surface area (Å²) in [5.74, 6) is -0.302. The quantitative estimate of drug-likeness (QED) is 0.253. The van der Waals surface area contributed by atoms with E-state index in [-0.39, 0.29) is 42.5 Å². The van der Waals surface area contributed by atoms with Crippen LogP contribution in [0.2, 0.25) is 0 Å². The van der Waals surface area contributed by atoms with Crippen molar-refractivity contribution in [2.45, 2.75) is 148 Å². The maximum atomic E-state index is 13.5. The fourth-order valence-corrected chi connectivity index (χ4v) is 11.9. The van der Waals surface area contributed by atoms with Gasteiger partial charge in [0.25, 0.3) is 0 Å². The maximum Gasteiger partial charge on any atom is 0.159 e. The van der Waals surface area contributed by atoms with Crippen LogP contribution in [0.3, 0.4) is 0 Å². The van der Waals surface area contributed by atoms with E-state index in [0.29, 0.717) is 43.4 Å². The molecule has 10 atom stereocenters. The lowest BCUT2D eigenvalue weighted by Gasteiger charge is -2.60. The molecular formula is C37H58O6. The van der Waals surface area contributed by atoms with E-state index < -0.39 is 34.7 Å². The smallest absolute Gasteiger partial charge is 0.159 e. The summed E-state index contributed by atoms with van der Waals surface area (Å²) in [4.78, 5) is 13.5. The van der Waals surface area contributed by atoms with Crippen molar-refractivity contribution in [3.8, 4) is 0 Å². The van der Waals surface area contributed by atoms with Crippen LogP contribution in [0.5, 0.6) is 0 Å². The molecule has 0 unspecified atom stereocenters. The minimum atomic E-state index is -1.31. The molecule has 1 spiro atoms. The fourth-order valence-electron chi connectivity index (χ4n) is 11.9. The van der Waals surface area contributed by atoms with Crippen molar-refractivity contribution in [1.29, 1.82) is 0 Å². The highest BCUT2D eigenvalue weighted by Crippen LogP contribution is 2.68. The highest BCUT2D eigenvalue weighted by Gasteiger charge is 2.68. The van der Waals surface area contributed by atoms with Gasteiger partial charge in [-0.15, -0.1) is 0 Å². The summed E-state index contributed by atoms with van der Waals surface area (Å²) in [7, 11) is 0. The van der Waals surface area contributed by atoms with Gasteiger partial charge in [0.1, 0.15) is 0 Å². The lowest BCUT2D eigenvalue weighted by molar-refractivity contribution is -0.163. The second-order valence-electron chi connectivity index (χ2n) is 16.7. The summed E-state index contributed by atoms with van der Waals surface area (Å²) in [6.07, 6.45) is 13.4. The first kappa shape index (κ1) is 31.9. The molecule has 6 aliphatic carbocycles. The molecule has 5 saturated carbocycles. The number of aliphatic hydroxyl groups is 5. The van der Waals surface area contributed by atoms with E-state index in [9.17, 15) is 30.3 Å². The first-order valence-corrected chi connectivity index (χ1v) is 17.6. The number of carbonyl (C=O) groups excluding carboxylic acids is 1. The van der Waals surface area contributed by atoms with Crippen molar-refractivity contribution >= 4 is 5.78 Å². The first-order valence-electron chi connectivity index (χ1n) is 17.6. The SMILES string of the molecule is CC(C)/C(C[C@@H](O)[C@@H](C)[C@H]1CC[C@@]2(O)C3=CC(=O)[C@@H]4C[C@@H](O)[C@@H](O)C[C@]4(C)[C@H]3CC[C@]12CO)=C1\CCCC2(CCCC2)C1. The molecule has 5 fully saturated rings. The minimum Gasteiger partial charge on any atom is -0.396 e. The molecule has 6 rings (SSSR count). The molecule has 0 aliphatic heterocycles. The molecule has 0 aromatic heterocycles. The zero-order valence-electron chi connectivity index (χ0n) is 27.2. The van der Waals surface area contributed by atoms with Crippen LogP contribution in [0.4, 0.5) is 0 Å². The molecule has 0 bridgehead atoms. The second-order valence-corrected chi connectivity index (χ2v) is 16.7. The number of fused-ring (bicyclic) bond motifs is 5. The molecular weight excluding hydrogens is 540 g/mol. The van der Waals surface area contributed by atoms with Crippen molar-refractivity contribution < 1.29 is 30.3 Å². The molecule has 0 aromatic rings. The zero-order valence-corrected chi connectivity index (χ0v) is 27.2. The lowest BCUT2D eigenvalue weighted by atomic mass is 9.45. The van der Waals surface area contributed by atoms with E-state index in [4.69, 9.17) is 0 Å². The molecule has 0 amide bonds. The Labute approximate surface area is 259 Å². The predicted molar refractivity (Wildman–Crippen MR) is 167 cm³/mol. The maximum absolute atomic E-state index is 13.5. The summed E-state index contributed by atoms with van der Waals surface area (Å²) < 4.78 is 0. The standard InChI is InChI=1S/C37H58O6/c1-22(2)25(24-8-7-13-35(19-24)11-5-6-12-35)16-30(39)23(3)26-10-15-37(43)28-17-31(40)29-18-32(41)33(42)20-34(29,4)27(28)9-14-36(26,37)21-38/h17,22-23,26-27,29-30,32-33,38-39,41-43H,5-16,18-21H2,1-4H3/b25-24+/t23-,26+,27-,29-,30+,32+,33-,34+,36-,37+/m0/s1. The Morgan fingerprint density at radius 2 is 1.67 bits per heavy atom. The van der Waals surface area contributed by atoms with Crippen molar-refractivity contribution in [3.63, 3.8) is 0 Å². The van der Waals surface area contributed by atoms with Gasteiger partial charge in [0.15, 0.2) is 5.78 Å². The Kier molecular flexibility index (Phi) is 8.41. The molecule has 242 valence electrons. The second kappa shape index (κ2) is 11.3. The molecule has 0 heterocycles. The van der Waals surface area contributed by atoms with Crippen LogP contribution in [0.15, 0.2) is 22.8 Å². The van der Waals surface area contributed by atoms with Gasteiger partial charge in [-0.1, -0.05) is 51.7 Å². The summed E-state index contributed by atoms with van der Waals surface area (Å²) in [5.41, 5.74) is 1.58. The van der Waals surface area contributed by atoms with Crippen LogP contribution in [0.1, 0.15) is 124 Å². The molecule has 0 aromatic carbocycles. The highest BCUT2D eigenvalue weighted by molar-refractivity contribution is 5.95. The van der Waals surface area contributed by atoms with Gasteiger partial charge in [0, 0.05) is 11.3 Å². The number of hydrogen-bond acceptors (Lipinski definition) is 6. The van der Waals surface area contributed by atoms with Gasteiger partial charge in [-0.25, -0.2) is 0 Å². The Morgan fingerprint density at radius 1 is 0.977 bits per heavy atom. The van der Waals surface area contributed by atoms with Crippen molar-refractivity contribution in [1.82, 2.24) is 0 Å². The first-order chi connectivity index (χ1) is 20.3. The number of hydrogen-bond donors (Lipinski definition) is 5.